The summed E-state index contributed by atoms with van der Waals surface area (Å²) in [6, 6.07) is 5.15. The third-order valence-corrected chi connectivity index (χ3v) is 3.22. The van der Waals surface area contributed by atoms with E-state index in [1.165, 1.54) is 11.8 Å². The number of amides is 1. The van der Waals surface area contributed by atoms with Gasteiger partial charge in [0.05, 0.1) is 5.69 Å². The van der Waals surface area contributed by atoms with E-state index < -0.39 is 6.17 Å². The smallest absolute Gasteiger partial charge is 0.225 e. The number of nitrogens with one attached hydrogen (secondary N) is 1. The van der Waals surface area contributed by atoms with Crippen molar-refractivity contribution in [2.45, 2.75) is 13.1 Å². The number of benzene rings is 1. The molecule has 1 amide bonds. The number of nitrogens with zero attached hydrogens (tertiary/aromatic N) is 1. The molecule has 0 bridgehead atoms. The highest BCUT2D eigenvalue weighted by molar-refractivity contribution is 9.10. The van der Waals surface area contributed by atoms with Gasteiger partial charge in [0.2, 0.25) is 11.7 Å². The molecule has 1 aromatic carbocycles. The van der Waals surface area contributed by atoms with Crippen LogP contribution < -0.4 is 16.0 Å². The SMILES string of the molecule is CC(=O)N1c2ccc(Br)cc2C(=O)[C@@H]1NC(N)=S. The molecular formula is C11H10BrN3O2S. The molecule has 1 aliphatic heterocycles. The molecule has 7 heteroatoms. The Bertz CT molecular complexity index is 561. The Morgan fingerprint density at radius 1 is 1.56 bits per heavy atom. The molecule has 18 heavy (non-hydrogen) atoms. The molecule has 0 aromatic heterocycles. The summed E-state index contributed by atoms with van der Waals surface area (Å²) in [6.45, 7) is 1.39. The fraction of sp³-hybridized carbons (Fsp3) is 0.182. The monoisotopic (exact) mass is 327 g/mol. The highest BCUT2D eigenvalue weighted by Gasteiger charge is 2.39. The quantitative estimate of drug-likeness (QED) is 0.757. The maximum absolute atomic E-state index is 12.2. The van der Waals surface area contributed by atoms with Gasteiger partial charge < -0.3 is 11.1 Å². The molecule has 3 N–H and O–H groups in total. The molecule has 2 rings (SSSR count). The van der Waals surface area contributed by atoms with Crippen LogP contribution in [0.4, 0.5) is 5.69 Å². The minimum absolute atomic E-state index is 0.0218. The van der Waals surface area contributed by atoms with Crippen LogP contribution in [-0.2, 0) is 4.79 Å². The highest BCUT2D eigenvalue weighted by atomic mass is 79.9. The molecule has 94 valence electrons. The number of rotatable bonds is 1. The number of carbonyl (C=O) groups is 2. The van der Waals surface area contributed by atoms with Gasteiger partial charge in [-0.15, -0.1) is 0 Å². The van der Waals surface area contributed by atoms with Gasteiger partial charge in [0.1, 0.15) is 0 Å². The first kappa shape index (κ1) is 13.0. The van der Waals surface area contributed by atoms with Crippen molar-refractivity contribution in [2.75, 3.05) is 4.90 Å². The third kappa shape index (κ3) is 2.11. The predicted octanol–water partition coefficient (Wildman–Crippen LogP) is 1.16. The van der Waals surface area contributed by atoms with Crippen molar-refractivity contribution < 1.29 is 9.59 Å². The van der Waals surface area contributed by atoms with E-state index in [4.69, 9.17) is 18.0 Å². The van der Waals surface area contributed by atoms with Crippen molar-refractivity contribution in [1.29, 1.82) is 0 Å². The van der Waals surface area contributed by atoms with E-state index in [0.29, 0.717) is 11.3 Å². The van der Waals surface area contributed by atoms with Crippen molar-refractivity contribution in [3.63, 3.8) is 0 Å². The molecule has 1 aromatic rings. The predicted molar refractivity (Wildman–Crippen MR) is 75.3 cm³/mol. The molecule has 0 aliphatic carbocycles. The van der Waals surface area contributed by atoms with E-state index in [9.17, 15) is 9.59 Å². The van der Waals surface area contributed by atoms with Gasteiger partial charge in [-0.1, -0.05) is 15.9 Å². The van der Waals surface area contributed by atoms with Crippen molar-refractivity contribution >= 4 is 50.6 Å². The van der Waals surface area contributed by atoms with Crippen molar-refractivity contribution in [1.82, 2.24) is 5.32 Å². The topological polar surface area (TPSA) is 75.4 Å². The van der Waals surface area contributed by atoms with Crippen molar-refractivity contribution in [2.24, 2.45) is 5.73 Å². The van der Waals surface area contributed by atoms with Crippen LogP contribution in [0.2, 0.25) is 0 Å². The van der Waals surface area contributed by atoms with Crippen LogP contribution in [0.15, 0.2) is 22.7 Å². The van der Waals surface area contributed by atoms with Crippen LogP contribution in [0.3, 0.4) is 0 Å². The molecule has 1 heterocycles. The number of thiocarbonyl (C=S) groups is 1. The van der Waals surface area contributed by atoms with Gasteiger partial charge in [-0.2, -0.15) is 0 Å². The zero-order valence-electron chi connectivity index (χ0n) is 9.44. The van der Waals surface area contributed by atoms with E-state index in [0.717, 1.165) is 4.47 Å². The Kier molecular flexibility index (Phi) is 3.36. The molecule has 5 nitrogen and oxygen atoms in total. The molecule has 0 radical (unpaired) electrons. The summed E-state index contributed by atoms with van der Waals surface area (Å²) in [6.07, 6.45) is -0.857. The van der Waals surface area contributed by atoms with Gasteiger partial charge >= 0.3 is 0 Å². The maximum atomic E-state index is 12.2. The number of fused-ring (bicyclic) bond motifs is 1. The lowest BCUT2D eigenvalue weighted by molar-refractivity contribution is -0.116. The normalized spacial score (nSPS) is 17.6. The number of hydrogen-bond donors (Lipinski definition) is 2. The number of Topliss-reactive ketones (excluding diaryl/α,β-unsaturated/α-hetero) is 1. The number of carbonyl (C=O) groups excluding carboxylic acids is 2. The summed E-state index contributed by atoms with van der Waals surface area (Å²) in [5, 5.41) is 2.62. The van der Waals surface area contributed by atoms with Gasteiger partial charge in [-0.25, -0.2) is 0 Å². The summed E-state index contributed by atoms with van der Waals surface area (Å²) in [5.41, 5.74) is 6.41. The van der Waals surface area contributed by atoms with E-state index in [1.807, 2.05) is 0 Å². The first-order valence-electron chi connectivity index (χ1n) is 5.11. The number of nitrogens with two attached hydrogens (primary N) is 1. The van der Waals surface area contributed by atoms with E-state index in [-0.39, 0.29) is 16.8 Å². The van der Waals surface area contributed by atoms with Crippen LogP contribution in [0, 0.1) is 0 Å². The van der Waals surface area contributed by atoms with Gasteiger partial charge in [-0.05, 0) is 30.4 Å². The number of hydrogen-bond acceptors (Lipinski definition) is 3. The molecule has 0 saturated heterocycles. The molecular weight excluding hydrogens is 318 g/mol. The standard InChI is InChI=1S/C11H10BrN3O2S/c1-5(16)15-8-3-2-6(12)4-7(8)9(17)10(15)14-11(13)18/h2-4,10H,1H3,(H3,13,14,18)/t10-/m1/s1. The van der Waals surface area contributed by atoms with Gasteiger partial charge in [0.15, 0.2) is 11.3 Å². The average molecular weight is 328 g/mol. The molecule has 0 spiro atoms. The maximum Gasteiger partial charge on any atom is 0.225 e. The van der Waals surface area contributed by atoms with Crippen molar-refractivity contribution in [3.05, 3.63) is 28.2 Å². The van der Waals surface area contributed by atoms with E-state index >= 15 is 0 Å². The Morgan fingerprint density at radius 2 is 2.22 bits per heavy atom. The third-order valence-electron chi connectivity index (χ3n) is 2.61. The molecule has 0 saturated carbocycles. The molecule has 0 fully saturated rings. The van der Waals surface area contributed by atoms with E-state index in [1.54, 1.807) is 18.2 Å². The van der Waals surface area contributed by atoms with Crippen LogP contribution >= 0.6 is 28.1 Å². The largest absolute Gasteiger partial charge is 0.376 e. The molecule has 1 aliphatic rings. The fourth-order valence-electron chi connectivity index (χ4n) is 1.94. The Morgan fingerprint density at radius 3 is 2.78 bits per heavy atom. The first-order chi connectivity index (χ1) is 8.41. The second-order valence-electron chi connectivity index (χ2n) is 3.83. The summed E-state index contributed by atoms with van der Waals surface area (Å²) in [5.74, 6) is -0.479. The number of anilines is 1. The molecule has 1 atom stereocenters. The second kappa shape index (κ2) is 4.66. The van der Waals surface area contributed by atoms with Crippen LogP contribution in [0.5, 0.6) is 0 Å². The van der Waals surface area contributed by atoms with Crippen LogP contribution in [0.1, 0.15) is 17.3 Å². The lowest BCUT2D eigenvalue weighted by atomic mass is 10.1. The Hall–Kier alpha value is -1.47. The van der Waals surface area contributed by atoms with Crippen LogP contribution in [-0.4, -0.2) is 23.0 Å². The summed E-state index contributed by atoms with van der Waals surface area (Å²) in [4.78, 5) is 25.2. The fourth-order valence-corrected chi connectivity index (χ4v) is 2.41. The summed E-state index contributed by atoms with van der Waals surface area (Å²) < 4.78 is 0.772. The minimum atomic E-state index is -0.857. The Balaban J connectivity index is 2.51. The van der Waals surface area contributed by atoms with Gasteiger partial charge in [0, 0.05) is 17.0 Å². The zero-order valence-corrected chi connectivity index (χ0v) is 11.8. The summed E-state index contributed by atoms with van der Waals surface area (Å²) in [7, 11) is 0. The minimum Gasteiger partial charge on any atom is -0.376 e. The Labute approximate surface area is 117 Å². The number of ketones is 1. The van der Waals surface area contributed by atoms with Gasteiger partial charge in [0.25, 0.3) is 0 Å². The zero-order chi connectivity index (χ0) is 13.4. The second-order valence-corrected chi connectivity index (χ2v) is 5.18. The lowest BCUT2D eigenvalue weighted by Crippen LogP contribution is -2.52. The van der Waals surface area contributed by atoms with Gasteiger partial charge in [-0.3, -0.25) is 14.5 Å². The van der Waals surface area contributed by atoms with E-state index in [2.05, 4.69) is 21.2 Å². The van der Waals surface area contributed by atoms with Crippen LogP contribution in [0.25, 0.3) is 0 Å². The summed E-state index contributed by atoms with van der Waals surface area (Å²) >= 11 is 8.02. The number of halogens is 1. The lowest BCUT2D eigenvalue weighted by Gasteiger charge is -2.23. The molecule has 0 unspecified atom stereocenters. The first-order valence-corrected chi connectivity index (χ1v) is 6.31. The highest BCUT2D eigenvalue weighted by Crippen LogP contribution is 2.33. The van der Waals surface area contributed by atoms with Crippen molar-refractivity contribution in [3.8, 4) is 0 Å². The average Bonchev–Trinajstić information content (AvgIpc) is 2.52.